The largest absolute Gasteiger partial charge is 0.495 e. The number of hydrogen-bond acceptors (Lipinski definition) is 4. The number of carbonyl (C=O) groups excluding carboxylic acids is 1. The molecule has 0 atom stereocenters. The van der Waals surface area contributed by atoms with Gasteiger partial charge in [0.2, 0.25) is 0 Å². The number of benzene rings is 1. The number of aromatic nitrogens is 2. The molecule has 2 aromatic rings. The van der Waals surface area contributed by atoms with E-state index < -0.39 is 0 Å². The van der Waals surface area contributed by atoms with Crippen LogP contribution in [0.3, 0.4) is 0 Å². The molecular formula is C14H17ClN4O2. The van der Waals surface area contributed by atoms with Gasteiger partial charge in [-0.3, -0.25) is 9.48 Å². The number of halogens is 1. The van der Waals surface area contributed by atoms with Gasteiger partial charge in [-0.25, -0.2) is 0 Å². The van der Waals surface area contributed by atoms with E-state index in [2.05, 4.69) is 10.4 Å². The van der Waals surface area contributed by atoms with Gasteiger partial charge in [-0.05, 0) is 32.0 Å². The van der Waals surface area contributed by atoms with Crippen molar-refractivity contribution < 1.29 is 9.53 Å². The predicted octanol–water partition coefficient (Wildman–Crippen LogP) is 2.71. The molecule has 0 bridgehead atoms. The Kier molecular flexibility index (Phi) is 4.37. The van der Waals surface area contributed by atoms with Crippen LogP contribution in [0.15, 0.2) is 18.2 Å². The number of methoxy groups -OCH3 is 1. The predicted molar refractivity (Wildman–Crippen MR) is 83.0 cm³/mol. The first-order valence-electron chi connectivity index (χ1n) is 6.45. The maximum atomic E-state index is 12.5. The Labute approximate surface area is 127 Å². The Bertz CT molecular complexity index is 682. The van der Waals surface area contributed by atoms with Crippen molar-refractivity contribution in [2.45, 2.75) is 20.4 Å². The van der Waals surface area contributed by atoms with Crippen molar-refractivity contribution in [2.75, 3.05) is 18.2 Å². The summed E-state index contributed by atoms with van der Waals surface area (Å²) in [7, 11) is 1.52. The SMILES string of the molecule is CCn1nc(C)c(N)c1C(=O)Nc1cc(Cl)ccc1OC. The summed E-state index contributed by atoms with van der Waals surface area (Å²) in [6, 6.07) is 4.99. The molecule has 1 aromatic heterocycles. The van der Waals surface area contributed by atoms with E-state index >= 15 is 0 Å². The molecular weight excluding hydrogens is 292 g/mol. The summed E-state index contributed by atoms with van der Waals surface area (Å²) >= 11 is 5.95. The van der Waals surface area contributed by atoms with Crippen LogP contribution < -0.4 is 15.8 Å². The zero-order chi connectivity index (χ0) is 15.6. The lowest BCUT2D eigenvalue weighted by atomic mass is 10.2. The minimum atomic E-state index is -0.351. The van der Waals surface area contributed by atoms with E-state index in [-0.39, 0.29) is 5.91 Å². The quantitative estimate of drug-likeness (QED) is 0.909. The molecule has 2 rings (SSSR count). The highest BCUT2D eigenvalue weighted by Gasteiger charge is 2.20. The Morgan fingerprint density at radius 2 is 2.24 bits per heavy atom. The molecule has 0 fully saturated rings. The average Bonchev–Trinajstić information content (AvgIpc) is 2.74. The van der Waals surface area contributed by atoms with E-state index in [1.165, 1.54) is 7.11 Å². The number of amides is 1. The van der Waals surface area contributed by atoms with Crippen molar-refractivity contribution in [3.05, 3.63) is 34.6 Å². The topological polar surface area (TPSA) is 82.2 Å². The fraction of sp³-hybridized carbons (Fsp3) is 0.286. The zero-order valence-corrected chi connectivity index (χ0v) is 12.9. The molecule has 1 aromatic carbocycles. The molecule has 21 heavy (non-hydrogen) atoms. The van der Waals surface area contributed by atoms with Crippen molar-refractivity contribution in [3.63, 3.8) is 0 Å². The standard InChI is InChI=1S/C14H17ClN4O2/c1-4-19-13(12(16)8(2)18-19)14(20)17-10-7-9(15)5-6-11(10)21-3/h5-7H,4,16H2,1-3H3,(H,17,20). The molecule has 1 amide bonds. The van der Waals surface area contributed by atoms with E-state index in [1.807, 2.05) is 6.92 Å². The van der Waals surface area contributed by atoms with Crippen LogP contribution in [0.25, 0.3) is 0 Å². The fourth-order valence-electron chi connectivity index (χ4n) is 2.02. The van der Waals surface area contributed by atoms with E-state index in [4.69, 9.17) is 22.1 Å². The molecule has 0 saturated carbocycles. The number of nitrogens with two attached hydrogens (primary N) is 1. The number of nitrogens with one attached hydrogen (secondary N) is 1. The molecule has 0 aliphatic heterocycles. The third kappa shape index (κ3) is 2.95. The monoisotopic (exact) mass is 308 g/mol. The smallest absolute Gasteiger partial charge is 0.276 e. The van der Waals surface area contributed by atoms with Crippen molar-refractivity contribution in [3.8, 4) is 5.75 Å². The molecule has 7 heteroatoms. The van der Waals surface area contributed by atoms with Gasteiger partial charge in [0.1, 0.15) is 11.4 Å². The maximum absolute atomic E-state index is 12.5. The number of hydrogen-bond donors (Lipinski definition) is 2. The number of ether oxygens (including phenoxy) is 1. The van der Waals surface area contributed by atoms with Gasteiger partial charge in [-0.15, -0.1) is 0 Å². The highest BCUT2D eigenvalue weighted by atomic mass is 35.5. The van der Waals surface area contributed by atoms with E-state index in [1.54, 1.807) is 29.8 Å². The highest BCUT2D eigenvalue weighted by Crippen LogP contribution is 2.28. The van der Waals surface area contributed by atoms with E-state index in [0.717, 1.165) is 0 Å². The van der Waals surface area contributed by atoms with Gasteiger partial charge in [0.15, 0.2) is 0 Å². The van der Waals surface area contributed by atoms with Gasteiger partial charge in [0.25, 0.3) is 5.91 Å². The highest BCUT2D eigenvalue weighted by molar-refractivity contribution is 6.31. The average molecular weight is 309 g/mol. The van der Waals surface area contributed by atoms with E-state index in [0.29, 0.717) is 40.1 Å². The summed E-state index contributed by atoms with van der Waals surface area (Å²) in [5.41, 5.74) is 7.74. The molecule has 0 unspecified atom stereocenters. The summed E-state index contributed by atoms with van der Waals surface area (Å²) in [4.78, 5) is 12.5. The van der Waals surface area contributed by atoms with Gasteiger partial charge in [0, 0.05) is 11.6 Å². The molecule has 0 spiro atoms. The van der Waals surface area contributed by atoms with Gasteiger partial charge in [-0.1, -0.05) is 11.6 Å². The fourth-order valence-corrected chi connectivity index (χ4v) is 2.20. The number of nitrogens with zero attached hydrogens (tertiary/aromatic N) is 2. The second-order valence-electron chi connectivity index (χ2n) is 4.46. The van der Waals surface area contributed by atoms with Crippen LogP contribution in [-0.2, 0) is 6.54 Å². The summed E-state index contributed by atoms with van der Waals surface area (Å²) < 4.78 is 6.77. The van der Waals surface area contributed by atoms with Gasteiger partial charge in [-0.2, -0.15) is 5.10 Å². The Balaban J connectivity index is 2.37. The molecule has 3 N–H and O–H groups in total. The van der Waals surface area contributed by atoms with Crippen molar-refractivity contribution in [1.82, 2.24) is 9.78 Å². The number of carbonyl (C=O) groups is 1. The molecule has 6 nitrogen and oxygen atoms in total. The van der Waals surface area contributed by atoms with E-state index in [9.17, 15) is 4.79 Å². The van der Waals surface area contributed by atoms with Crippen LogP contribution in [-0.4, -0.2) is 22.8 Å². The van der Waals surface area contributed by atoms with Crippen LogP contribution in [0.2, 0.25) is 5.02 Å². The summed E-state index contributed by atoms with van der Waals surface area (Å²) in [6.07, 6.45) is 0. The second-order valence-corrected chi connectivity index (χ2v) is 4.90. The summed E-state index contributed by atoms with van der Waals surface area (Å²) in [5, 5.41) is 7.48. The number of aryl methyl sites for hydroxylation is 2. The second kappa shape index (κ2) is 6.05. The molecule has 0 aliphatic carbocycles. The van der Waals surface area contributed by atoms with Gasteiger partial charge < -0.3 is 15.8 Å². The third-order valence-corrected chi connectivity index (χ3v) is 3.33. The van der Waals surface area contributed by atoms with Crippen LogP contribution in [0.1, 0.15) is 23.1 Å². The third-order valence-electron chi connectivity index (χ3n) is 3.10. The van der Waals surface area contributed by atoms with Crippen molar-refractivity contribution in [2.24, 2.45) is 0 Å². The summed E-state index contributed by atoms with van der Waals surface area (Å²) in [5.74, 6) is 0.168. The zero-order valence-electron chi connectivity index (χ0n) is 12.1. The van der Waals surface area contributed by atoms with Crippen LogP contribution in [0.5, 0.6) is 5.75 Å². The number of anilines is 2. The molecule has 0 aliphatic rings. The molecule has 112 valence electrons. The molecule has 1 heterocycles. The molecule has 0 radical (unpaired) electrons. The van der Waals surface area contributed by atoms with Crippen molar-refractivity contribution >= 4 is 28.9 Å². The lowest BCUT2D eigenvalue weighted by molar-refractivity contribution is 0.101. The normalized spacial score (nSPS) is 10.5. The van der Waals surface area contributed by atoms with Gasteiger partial charge in [0.05, 0.1) is 24.2 Å². The molecule has 0 saturated heterocycles. The maximum Gasteiger partial charge on any atom is 0.276 e. The minimum absolute atomic E-state index is 0.331. The van der Waals surface area contributed by atoms with Gasteiger partial charge >= 0.3 is 0 Å². The lowest BCUT2D eigenvalue weighted by Crippen LogP contribution is -2.19. The van der Waals surface area contributed by atoms with Crippen molar-refractivity contribution in [1.29, 1.82) is 0 Å². The number of nitrogen functional groups attached to an aromatic ring is 1. The Hall–Kier alpha value is -2.21. The van der Waals surface area contributed by atoms with Crippen LogP contribution in [0, 0.1) is 6.92 Å². The summed E-state index contributed by atoms with van der Waals surface area (Å²) in [6.45, 7) is 4.20. The lowest BCUT2D eigenvalue weighted by Gasteiger charge is -2.11. The Morgan fingerprint density at radius 1 is 1.52 bits per heavy atom. The minimum Gasteiger partial charge on any atom is -0.495 e. The first-order chi connectivity index (χ1) is 9.97. The Morgan fingerprint density at radius 3 is 2.86 bits per heavy atom. The number of rotatable bonds is 4. The first-order valence-corrected chi connectivity index (χ1v) is 6.83. The van der Waals surface area contributed by atoms with Crippen LogP contribution in [0.4, 0.5) is 11.4 Å². The van der Waals surface area contributed by atoms with Crippen LogP contribution >= 0.6 is 11.6 Å². The first kappa shape index (κ1) is 15.2.